The Bertz CT molecular complexity index is 1790. The van der Waals surface area contributed by atoms with Crippen LogP contribution >= 0.6 is 70.5 Å². The summed E-state index contributed by atoms with van der Waals surface area (Å²) in [7, 11) is -6.34. The molecule has 0 saturated carbocycles. The predicted molar refractivity (Wildman–Crippen MR) is 174 cm³/mol. The molecule has 220 valence electrons. The first-order chi connectivity index (χ1) is 18.7. The third kappa shape index (κ3) is 10.3. The lowest BCUT2D eigenvalue weighted by Crippen LogP contribution is -2.01. The first kappa shape index (κ1) is 35.1. The van der Waals surface area contributed by atoms with Crippen molar-refractivity contribution >= 4 is 106 Å². The van der Waals surface area contributed by atoms with Crippen LogP contribution in [0.1, 0.15) is 17.8 Å². The van der Waals surface area contributed by atoms with Gasteiger partial charge in [-0.15, -0.1) is 15.3 Å². The van der Waals surface area contributed by atoms with Crippen LogP contribution in [-0.4, -0.2) is 65.3 Å². The van der Waals surface area contributed by atoms with Gasteiger partial charge in [-0.2, -0.15) is 0 Å². The molecule has 41 heavy (non-hydrogen) atoms. The summed E-state index contributed by atoms with van der Waals surface area (Å²) in [5.41, 5.74) is 7.33. The Hall–Kier alpha value is -2.09. The third-order valence-corrected chi connectivity index (χ3v) is 10.0. The van der Waals surface area contributed by atoms with Crippen molar-refractivity contribution in [3.05, 3.63) is 68.1 Å². The number of Topliss-reactive ketones (excluding diaryl/α,β-unsaturated/α-hetero) is 1. The van der Waals surface area contributed by atoms with Crippen LogP contribution in [0.15, 0.2) is 72.4 Å². The van der Waals surface area contributed by atoms with Crippen LogP contribution in [0.3, 0.4) is 0 Å². The van der Waals surface area contributed by atoms with Crippen LogP contribution in [-0.2, 0) is 19.7 Å². The number of nitrogens with zero attached hydrogens (tertiary/aromatic N) is 5. The highest BCUT2D eigenvalue weighted by molar-refractivity contribution is 9.11. The van der Waals surface area contributed by atoms with Gasteiger partial charge >= 0.3 is 0 Å². The highest BCUT2D eigenvalue weighted by Crippen LogP contribution is 2.25. The number of rotatable bonds is 5. The Kier molecular flexibility index (Phi) is 12.7. The molecule has 18 heteroatoms. The molecule has 0 aliphatic heterocycles. The molecular weight excluding hydrogens is 808 g/mol. The molecule has 5 rings (SSSR count). The van der Waals surface area contributed by atoms with Crippen molar-refractivity contribution in [2.75, 3.05) is 23.6 Å². The maximum atomic E-state index is 11.4. The number of nitrogen functional groups attached to an aromatic ring is 1. The van der Waals surface area contributed by atoms with E-state index in [1.807, 2.05) is 6.20 Å². The summed E-state index contributed by atoms with van der Waals surface area (Å²) in [5, 5.41) is 12.0. The van der Waals surface area contributed by atoms with Gasteiger partial charge in [0.1, 0.15) is 0 Å². The molecule has 0 aliphatic carbocycles. The molecule has 2 N–H and O–H groups in total. The number of carbonyl (C=O) groups is 1. The summed E-state index contributed by atoms with van der Waals surface area (Å²) in [5.74, 6) is -0.0648. The normalized spacial score (nSPS) is 11.0. The van der Waals surface area contributed by atoms with Gasteiger partial charge < -0.3 is 5.73 Å². The zero-order valence-electron chi connectivity index (χ0n) is 20.5. The van der Waals surface area contributed by atoms with Gasteiger partial charge in [0, 0.05) is 23.6 Å². The first-order valence-corrected chi connectivity index (χ1v) is 18.8. The van der Waals surface area contributed by atoms with Gasteiger partial charge in [0.15, 0.2) is 33.3 Å². The van der Waals surface area contributed by atoms with Gasteiger partial charge in [0.05, 0.1) is 27.0 Å². The second-order valence-electron chi connectivity index (χ2n) is 7.75. The number of halogens is 3. The van der Waals surface area contributed by atoms with Crippen LogP contribution in [0.2, 0.25) is 0 Å². The monoisotopic (exact) mass is 828 g/mol. The number of alkyl halides is 1. The van der Waals surface area contributed by atoms with E-state index in [0.717, 1.165) is 30.3 Å². The van der Waals surface area contributed by atoms with E-state index in [-0.39, 0.29) is 23.4 Å². The topological polar surface area (TPSA) is 167 Å². The van der Waals surface area contributed by atoms with Crippen molar-refractivity contribution in [2.24, 2.45) is 0 Å². The van der Waals surface area contributed by atoms with Crippen molar-refractivity contribution in [3.63, 3.8) is 0 Å². The number of benzene rings is 2. The molecule has 0 aliphatic rings. The number of hydrogen-bond donors (Lipinski definition) is 1. The number of anilines is 1. The van der Waals surface area contributed by atoms with Gasteiger partial charge in [0.25, 0.3) is 0 Å². The summed E-state index contributed by atoms with van der Waals surface area (Å²) >= 11 is 12.2. The lowest BCUT2D eigenvalue weighted by Gasteiger charge is -1.99. The molecule has 0 radical (unpaired) electrons. The van der Waals surface area contributed by atoms with Crippen molar-refractivity contribution < 1.29 is 21.6 Å². The summed E-state index contributed by atoms with van der Waals surface area (Å²) in [6.45, 7) is 0. The van der Waals surface area contributed by atoms with Crippen molar-refractivity contribution in [3.8, 4) is 11.3 Å². The molecular formula is C23H23Br3N6O5S4. The average Bonchev–Trinajstić information content (AvgIpc) is 3.57. The number of aromatic nitrogens is 5. The first-order valence-electron chi connectivity index (χ1n) is 10.6. The molecule has 0 saturated heterocycles. The number of imidazole rings is 1. The minimum atomic E-state index is -3.18. The van der Waals surface area contributed by atoms with Crippen molar-refractivity contribution in [1.82, 2.24) is 24.8 Å². The SMILES string of the molecule is C.CS(=O)(=O)c1ccc(-c2cn3nc(Br)sc3n2)cc1.CS(=O)(=O)c1ccc(C(=O)CBr)cc1.Nc1nnc(Br)s1. The van der Waals surface area contributed by atoms with Crippen molar-refractivity contribution in [2.45, 2.75) is 17.2 Å². The lowest BCUT2D eigenvalue weighted by atomic mass is 10.2. The quantitative estimate of drug-likeness (QED) is 0.169. The van der Waals surface area contributed by atoms with Crippen LogP contribution in [0.5, 0.6) is 0 Å². The molecule has 0 amide bonds. The van der Waals surface area contributed by atoms with E-state index in [0.29, 0.717) is 15.6 Å². The van der Waals surface area contributed by atoms with E-state index in [4.69, 9.17) is 5.73 Å². The van der Waals surface area contributed by atoms with E-state index < -0.39 is 19.7 Å². The fourth-order valence-electron chi connectivity index (χ4n) is 2.87. The molecule has 0 bridgehead atoms. The van der Waals surface area contributed by atoms with Crippen molar-refractivity contribution in [1.29, 1.82) is 0 Å². The second-order valence-corrected chi connectivity index (χ2v) is 16.9. The largest absolute Gasteiger partial charge is 0.374 e. The second kappa shape index (κ2) is 14.9. The minimum absolute atomic E-state index is 0. The van der Waals surface area contributed by atoms with Gasteiger partial charge in [-0.1, -0.05) is 70.3 Å². The number of ketones is 1. The fraction of sp³-hybridized carbons (Fsp3) is 0.174. The number of hydrogen-bond acceptors (Lipinski definition) is 12. The molecule has 0 unspecified atom stereocenters. The Morgan fingerprint density at radius 2 is 1.41 bits per heavy atom. The standard InChI is InChI=1S/C11H8BrN3O2S2.C9H9BrO3S.C2H2BrN3S.CH4/c1-19(16,17)8-4-2-7(3-5-8)9-6-15-11(13-9)18-10(12)14-15;1-14(12,13)8-4-2-7(3-5-8)9(11)6-10;3-1-5-6-2(4)7-1;/h2-6H,1H3;2-5H,6H2,1H3;(H2,4,6);1H4. The number of sulfone groups is 2. The molecule has 2 aromatic carbocycles. The number of fused-ring (bicyclic) bond motifs is 1. The van der Waals surface area contributed by atoms with E-state index >= 15 is 0 Å². The molecule has 3 aromatic heterocycles. The van der Waals surface area contributed by atoms with E-state index in [1.165, 1.54) is 53.2 Å². The smallest absolute Gasteiger partial charge is 0.213 e. The van der Waals surface area contributed by atoms with Gasteiger partial charge in [-0.3, -0.25) is 4.79 Å². The molecule has 0 atom stereocenters. The van der Waals surface area contributed by atoms with Crippen LogP contribution in [0.25, 0.3) is 16.2 Å². The minimum Gasteiger partial charge on any atom is -0.374 e. The fourth-order valence-corrected chi connectivity index (χ4v) is 6.58. The van der Waals surface area contributed by atoms with Crippen LogP contribution in [0.4, 0.5) is 5.13 Å². The molecule has 0 spiro atoms. The summed E-state index contributed by atoms with van der Waals surface area (Å²) < 4.78 is 48.1. The van der Waals surface area contributed by atoms with Crippen LogP contribution in [0, 0.1) is 0 Å². The third-order valence-electron chi connectivity index (χ3n) is 4.74. The molecule has 11 nitrogen and oxygen atoms in total. The zero-order chi connectivity index (χ0) is 29.7. The highest BCUT2D eigenvalue weighted by Gasteiger charge is 2.11. The summed E-state index contributed by atoms with van der Waals surface area (Å²) in [6.07, 6.45) is 4.14. The maximum absolute atomic E-state index is 11.4. The van der Waals surface area contributed by atoms with E-state index in [1.54, 1.807) is 28.8 Å². The number of nitrogens with two attached hydrogens (primary N) is 1. The number of carbonyl (C=O) groups excluding carboxylic acids is 1. The average molecular weight is 831 g/mol. The molecule has 3 heterocycles. The van der Waals surface area contributed by atoms with Gasteiger partial charge in [0.2, 0.25) is 10.1 Å². The highest BCUT2D eigenvalue weighted by atomic mass is 79.9. The van der Waals surface area contributed by atoms with E-state index in [9.17, 15) is 21.6 Å². The Labute approximate surface area is 270 Å². The predicted octanol–water partition coefficient (Wildman–Crippen LogP) is 5.81. The lowest BCUT2D eigenvalue weighted by molar-refractivity contribution is 0.102. The maximum Gasteiger partial charge on any atom is 0.213 e. The summed E-state index contributed by atoms with van der Waals surface area (Å²) in [6, 6.07) is 12.6. The zero-order valence-corrected chi connectivity index (χ0v) is 28.5. The Morgan fingerprint density at radius 3 is 1.80 bits per heavy atom. The Morgan fingerprint density at radius 1 is 0.878 bits per heavy atom. The van der Waals surface area contributed by atoms with Gasteiger partial charge in [-0.25, -0.2) is 26.3 Å². The van der Waals surface area contributed by atoms with Crippen LogP contribution < -0.4 is 5.73 Å². The summed E-state index contributed by atoms with van der Waals surface area (Å²) in [4.78, 5) is 16.9. The molecule has 5 aromatic rings. The Balaban J connectivity index is 0.000000235. The van der Waals surface area contributed by atoms with Gasteiger partial charge in [-0.05, 0) is 56.1 Å². The van der Waals surface area contributed by atoms with E-state index in [2.05, 4.69) is 68.1 Å². The molecule has 0 fully saturated rings.